The van der Waals surface area contributed by atoms with Crippen molar-refractivity contribution in [3.63, 3.8) is 0 Å². The van der Waals surface area contributed by atoms with Gasteiger partial charge in [-0.1, -0.05) is 109 Å². The number of aromatic nitrogens is 2. The summed E-state index contributed by atoms with van der Waals surface area (Å²) in [5.74, 6) is 0.978. The molecule has 1 unspecified atom stereocenters. The van der Waals surface area contributed by atoms with Crippen molar-refractivity contribution in [1.82, 2.24) is 9.97 Å². The van der Waals surface area contributed by atoms with E-state index in [9.17, 15) is 0 Å². The predicted molar refractivity (Wildman–Crippen MR) is 214 cm³/mol. The lowest BCUT2D eigenvalue weighted by Crippen LogP contribution is -2.16. The minimum atomic E-state index is 0.450. The summed E-state index contributed by atoms with van der Waals surface area (Å²) in [6, 6.07) is 47.4. The van der Waals surface area contributed by atoms with Gasteiger partial charge in [-0.15, -0.1) is 0 Å². The van der Waals surface area contributed by atoms with Crippen molar-refractivity contribution in [3.8, 4) is 22.4 Å². The van der Waals surface area contributed by atoms with Gasteiger partial charge in [-0.2, -0.15) is 0 Å². The number of fused-ring (bicyclic) bond motifs is 2. The van der Waals surface area contributed by atoms with Gasteiger partial charge in [-0.05, 0) is 95.4 Å². The molecular formula is C47H36N4. The number of aliphatic imine (C=N–C) groups is 1. The fourth-order valence-electron chi connectivity index (χ4n) is 7.23. The van der Waals surface area contributed by atoms with Crippen molar-refractivity contribution in [2.45, 2.75) is 12.8 Å². The molecule has 0 saturated heterocycles. The standard InChI is InChI=1S/C47H36N4/c1-2-7-33(8-3-1)41-20-27-45(49-32-41)36-16-23-43(24-17-36)51(42-21-14-34(15-22-42)39-13-12-35-11-6-28-48-46(35)30-39)44-25-18-37(19-26-44)47-29-38-9-4-5-10-40(38)31-50-47/h1-7,9-19,21-33,41H,8,20H2/t33?,41-/m0/s1. The van der Waals surface area contributed by atoms with Gasteiger partial charge in [0.25, 0.3) is 0 Å². The third-order valence-electron chi connectivity index (χ3n) is 10.1. The van der Waals surface area contributed by atoms with Gasteiger partial charge in [0.05, 0.1) is 16.9 Å². The molecule has 2 aromatic heterocycles. The molecule has 0 saturated carbocycles. The lowest BCUT2D eigenvalue weighted by atomic mass is 9.84. The average Bonchev–Trinajstić information content (AvgIpc) is 3.22. The molecule has 1 aliphatic carbocycles. The Morgan fingerprint density at radius 1 is 0.529 bits per heavy atom. The lowest BCUT2D eigenvalue weighted by Gasteiger charge is -2.26. The van der Waals surface area contributed by atoms with E-state index in [-0.39, 0.29) is 0 Å². The Bertz CT molecular complexity index is 2350. The van der Waals surface area contributed by atoms with Crippen molar-refractivity contribution in [2.24, 2.45) is 16.8 Å². The number of allylic oxidation sites excluding steroid dienone is 5. The summed E-state index contributed by atoms with van der Waals surface area (Å²) in [4.78, 5) is 16.6. The van der Waals surface area contributed by atoms with Gasteiger partial charge in [0.1, 0.15) is 0 Å². The van der Waals surface area contributed by atoms with E-state index < -0.39 is 0 Å². The SMILES string of the molecule is C1=CCC([C@@H]2C=NC(c3ccc(N(c4ccc(-c5ccc6cccnc6c5)cc4)c4ccc(-c5cc6ccccc6cn5)cc4)cc3)=CC2)C=C1. The maximum atomic E-state index is 4.92. The molecule has 5 aromatic carbocycles. The molecule has 0 radical (unpaired) electrons. The smallest absolute Gasteiger partial charge is 0.0708 e. The highest BCUT2D eigenvalue weighted by Crippen LogP contribution is 2.38. The number of anilines is 3. The number of hydrogen-bond acceptors (Lipinski definition) is 4. The van der Waals surface area contributed by atoms with Crippen molar-refractivity contribution in [3.05, 3.63) is 182 Å². The zero-order chi connectivity index (χ0) is 34.0. The third-order valence-corrected chi connectivity index (χ3v) is 10.1. The van der Waals surface area contributed by atoms with Crippen LogP contribution in [0.1, 0.15) is 18.4 Å². The largest absolute Gasteiger partial charge is 0.311 e. The molecule has 3 heterocycles. The second kappa shape index (κ2) is 13.5. The highest BCUT2D eigenvalue weighted by atomic mass is 15.1. The normalized spacial score (nSPS) is 16.7. The van der Waals surface area contributed by atoms with Crippen LogP contribution in [0.3, 0.4) is 0 Å². The molecule has 0 N–H and O–H groups in total. The molecule has 7 aromatic rings. The summed E-state index contributed by atoms with van der Waals surface area (Å²) in [7, 11) is 0. The van der Waals surface area contributed by atoms with Crippen molar-refractivity contribution < 1.29 is 0 Å². The van der Waals surface area contributed by atoms with E-state index in [2.05, 4.69) is 168 Å². The zero-order valence-electron chi connectivity index (χ0n) is 28.2. The molecule has 4 heteroatoms. The quantitative estimate of drug-likeness (QED) is 0.171. The summed E-state index contributed by atoms with van der Waals surface area (Å²) >= 11 is 0. The van der Waals surface area contributed by atoms with E-state index in [1.54, 1.807) is 0 Å². The first-order valence-corrected chi connectivity index (χ1v) is 17.6. The van der Waals surface area contributed by atoms with Crippen LogP contribution < -0.4 is 4.90 Å². The summed E-state index contributed by atoms with van der Waals surface area (Å²) in [6.07, 6.45) is 19.2. The Labute approximate surface area is 298 Å². The highest BCUT2D eigenvalue weighted by molar-refractivity contribution is 5.87. The molecule has 1 aliphatic heterocycles. The van der Waals surface area contributed by atoms with Gasteiger partial charge >= 0.3 is 0 Å². The van der Waals surface area contributed by atoms with Crippen LogP contribution in [0.15, 0.2) is 181 Å². The highest BCUT2D eigenvalue weighted by Gasteiger charge is 2.20. The van der Waals surface area contributed by atoms with Crippen molar-refractivity contribution in [1.29, 1.82) is 0 Å². The minimum absolute atomic E-state index is 0.450. The van der Waals surface area contributed by atoms with Crippen molar-refractivity contribution in [2.75, 3.05) is 4.90 Å². The number of benzene rings is 5. The van der Waals surface area contributed by atoms with E-state index in [4.69, 9.17) is 9.98 Å². The van der Waals surface area contributed by atoms with Crippen LogP contribution in [-0.4, -0.2) is 16.2 Å². The molecule has 4 nitrogen and oxygen atoms in total. The Kier molecular flexibility index (Phi) is 8.11. The predicted octanol–water partition coefficient (Wildman–Crippen LogP) is 12.2. The molecule has 2 aliphatic rings. The van der Waals surface area contributed by atoms with E-state index in [0.717, 1.165) is 79.8 Å². The van der Waals surface area contributed by atoms with Gasteiger partial charge in [0.2, 0.25) is 0 Å². The lowest BCUT2D eigenvalue weighted by molar-refractivity contribution is 0.514. The van der Waals surface area contributed by atoms with Gasteiger partial charge in [0.15, 0.2) is 0 Å². The first-order chi connectivity index (χ1) is 25.2. The Morgan fingerprint density at radius 2 is 1.22 bits per heavy atom. The van der Waals surface area contributed by atoms with Crippen LogP contribution in [-0.2, 0) is 0 Å². The zero-order valence-corrected chi connectivity index (χ0v) is 28.2. The molecule has 0 amide bonds. The number of nitrogens with zero attached hydrogens (tertiary/aromatic N) is 4. The van der Waals surface area contributed by atoms with Crippen LogP contribution >= 0.6 is 0 Å². The maximum absolute atomic E-state index is 4.92. The molecule has 9 rings (SSSR count). The van der Waals surface area contributed by atoms with E-state index in [0.29, 0.717) is 11.8 Å². The molecule has 0 bridgehead atoms. The van der Waals surface area contributed by atoms with Crippen LogP contribution in [0, 0.1) is 11.8 Å². The summed E-state index contributed by atoms with van der Waals surface area (Å²) in [6.45, 7) is 0. The third kappa shape index (κ3) is 6.28. The fraction of sp³-hybridized carbons (Fsp3) is 0.0851. The van der Waals surface area contributed by atoms with Gasteiger partial charge in [-0.3, -0.25) is 15.0 Å². The topological polar surface area (TPSA) is 41.4 Å². The molecule has 0 spiro atoms. The van der Waals surface area contributed by atoms with Crippen LogP contribution in [0.5, 0.6) is 0 Å². The Balaban J connectivity index is 1.03. The average molecular weight is 657 g/mol. The summed E-state index contributed by atoms with van der Waals surface area (Å²) in [5, 5.41) is 3.47. The molecule has 244 valence electrons. The Hall–Kier alpha value is -6.39. The van der Waals surface area contributed by atoms with Crippen LogP contribution in [0.25, 0.3) is 49.8 Å². The maximum Gasteiger partial charge on any atom is 0.0708 e. The summed E-state index contributed by atoms with van der Waals surface area (Å²) < 4.78 is 0. The van der Waals surface area contributed by atoms with Gasteiger partial charge < -0.3 is 4.90 Å². The molecular weight excluding hydrogens is 621 g/mol. The second-order valence-corrected chi connectivity index (χ2v) is 13.3. The number of pyridine rings is 2. The van der Waals surface area contributed by atoms with E-state index in [1.807, 2.05) is 24.5 Å². The van der Waals surface area contributed by atoms with Crippen LogP contribution in [0.4, 0.5) is 17.1 Å². The number of rotatable bonds is 7. The molecule has 2 atom stereocenters. The van der Waals surface area contributed by atoms with Gasteiger partial charge in [0, 0.05) is 57.9 Å². The van der Waals surface area contributed by atoms with Crippen molar-refractivity contribution >= 4 is 50.6 Å². The molecule has 0 fully saturated rings. The second-order valence-electron chi connectivity index (χ2n) is 13.3. The fourth-order valence-corrected chi connectivity index (χ4v) is 7.23. The molecule has 51 heavy (non-hydrogen) atoms. The van der Waals surface area contributed by atoms with E-state index in [1.165, 1.54) is 5.39 Å². The Morgan fingerprint density at radius 3 is 1.92 bits per heavy atom. The monoisotopic (exact) mass is 656 g/mol. The minimum Gasteiger partial charge on any atom is -0.311 e. The summed E-state index contributed by atoms with van der Waals surface area (Å²) in [5.41, 5.74) is 10.7. The first kappa shape index (κ1) is 30.7. The van der Waals surface area contributed by atoms with Gasteiger partial charge in [-0.25, -0.2) is 0 Å². The van der Waals surface area contributed by atoms with E-state index >= 15 is 0 Å². The number of hydrogen-bond donors (Lipinski definition) is 0. The van der Waals surface area contributed by atoms with Crippen LogP contribution in [0.2, 0.25) is 0 Å². The first-order valence-electron chi connectivity index (χ1n) is 17.6.